The normalized spacial score (nSPS) is 16.9. The number of carbonyl (C=O) groups excluding carboxylic acids is 1. The van der Waals surface area contributed by atoms with Crippen LogP contribution in [0.5, 0.6) is 5.75 Å². The molecule has 7 heteroatoms. The van der Waals surface area contributed by atoms with E-state index >= 15 is 0 Å². The molecule has 1 aromatic carbocycles. The summed E-state index contributed by atoms with van der Waals surface area (Å²) in [5, 5.41) is 11.4. The van der Waals surface area contributed by atoms with Crippen molar-refractivity contribution in [1.29, 1.82) is 0 Å². The molecule has 110 valence electrons. The Labute approximate surface area is 126 Å². The molecule has 0 radical (unpaired) electrons. The average Bonchev–Trinajstić information content (AvgIpc) is 2.90. The molecule has 0 spiro atoms. The Morgan fingerprint density at radius 3 is 3.19 bits per heavy atom. The van der Waals surface area contributed by atoms with Crippen LogP contribution in [0.1, 0.15) is 5.56 Å². The van der Waals surface area contributed by atoms with Crippen LogP contribution >= 0.6 is 11.8 Å². The molecule has 0 saturated carbocycles. The van der Waals surface area contributed by atoms with Gasteiger partial charge in [-0.25, -0.2) is 0 Å². The maximum Gasteiger partial charge on any atom is 0.230 e. The summed E-state index contributed by atoms with van der Waals surface area (Å²) >= 11 is 1.37. The number of thioether (sulfide) groups is 1. The molecule has 0 bridgehead atoms. The zero-order valence-electron chi connectivity index (χ0n) is 11.7. The van der Waals surface area contributed by atoms with Gasteiger partial charge < -0.3 is 14.6 Å². The quantitative estimate of drug-likeness (QED) is 0.854. The minimum atomic E-state index is -0.0176. The number of benzene rings is 1. The predicted molar refractivity (Wildman–Crippen MR) is 79.3 cm³/mol. The fourth-order valence-electron chi connectivity index (χ4n) is 2.22. The standard InChI is InChI=1S/C14H16N4O2S/c1-18-9-15-17-14(18)21-8-13(19)16-11-6-10-4-2-3-5-12(10)20-7-11/h2-5,9,11H,6-8H2,1H3,(H,16,19). The molecular formula is C14H16N4O2S. The van der Waals surface area contributed by atoms with Crippen molar-refractivity contribution >= 4 is 17.7 Å². The number of rotatable bonds is 4. The van der Waals surface area contributed by atoms with Crippen LogP contribution in [-0.4, -0.2) is 39.1 Å². The Morgan fingerprint density at radius 2 is 2.38 bits per heavy atom. The SMILES string of the molecule is Cn1cnnc1SCC(=O)NC1COc2ccccc2C1. The number of nitrogens with one attached hydrogen (secondary N) is 1. The van der Waals surface area contributed by atoms with Crippen LogP contribution in [0.15, 0.2) is 35.7 Å². The van der Waals surface area contributed by atoms with Crippen LogP contribution in [0, 0.1) is 0 Å². The number of amides is 1. The first-order chi connectivity index (χ1) is 10.2. The van der Waals surface area contributed by atoms with E-state index in [0.717, 1.165) is 22.9 Å². The highest BCUT2D eigenvalue weighted by molar-refractivity contribution is 7.99. The highest BCUT2D eigenvalue weighted by Gasteiger charge is 2.21. The molecule has 0 fully saturated rings. The molecule has 1 amide bonds. The van der Waals surface area contributed by atoms with Gasteiger partial charge in [-0.15, -0.1) is 10.2 Å². The highest BCUT2D eigenvalue weighted by Crippen LogP contribution is 2.24. The summed E-state index contributed by atoms with van der Waals surface area (Å²) in [5.41, 5.74) is 1.13. The van der Waals surface area contributed by atoms with Gasteiger partial charge >= 0.3 is 0 Å². The summed E-state index contributed by atoms with van der Waals surface area (Å²) in [6, 6.07) is 7.94. The lowest BCUT2D eigenvalue weighted by Crippen LogP contribution is -2.43. The summed E-state index contributed by atoms with van der Waals surface area (Å²) < 4.78 is 7.45. The largest absolute Gasteiger partial charge is 0.491 e. The Balaban J connectivity index is 1.51. The van der Waals surface area contributed by atoms with Crippen molar-refractivity contribution in [2.24, 2.45) is 7.05 Å². The monoisotopic (exact) mass is 304 g/mol. The van der Waals surface area contributed by atoms with Gasteiger partial charge in [0.25, 0.3) is 0 Å². The van der Waals surface area contributed by atoms with E-state index < -0.39 is 0 Å². The number of nitrogens with zero attached hydrogens (tertiary/aromatic N) is 3. The molecule has 1 aliphatic rings. The fraction of sp³-hybridized carbons (Fsp3) is 0.357. The molecule has 3 rings (SSSR count). The molecule has 2 aromatic rings. The van der Waals surface area contributed by atoms with Gasteiger partial charge in [0, 0.05) is 7.05 Å². The first-order valence-corrected chi connectivity index (χ1v) is 7.68. The summed E-state index contributed by atoms with van der Waals surface area (Å²) in [5.74, 6) is 1.22. The van der Waals surface area contributed by atoms with Gasteiger partial charge in [0.05, 0.1) is 11.8 Å². The van der Waals surface area contributed by atoms with Gasteiger partial charge in [0.1, 0.15) is 18.7 Å². The Bertz CT molecular complexity index is 643. The van der Waals surface area contributed by atoms with Crippen molar-refractivity contribution in [2.45, 2.75) is 17.6 Å². The molecule has 1 N–H and O–H groups in total. The Hall–Kier alpha value is -2.02. The van der Waals surface area contributed by atoms with E-state index in [1.54, 1.807) is 10.9 Å². The van der Waals surface area contributed by atoms with E-state index in [1.165, 1.54) is 11.8 Å². The van der Waals surface area contributed by atoms with Crippen LogP contribution in [0.3, 0.4) is 0 Å². The minimum absolute atomic E-state index is 0.0176. The van der Waals surface area contributed by atoms with Crippen LogP contribution in [0.4, 0.5) is 0 Å². The molecule has 1 aromatic heterocycles. The molecule has 1 atom stereocenters. The molecule has 2 heterocycles. The summed E-state index contributed by atoms with van der Waals surface area (Å²) in [4.78, 5) is 12.0. The summed E-state index contributed by atoms with van der Waals surface area (Å²) in [7, 11) is 1.85. The third-order valence-corrected chi connectivity index (χ3v) is 4.28. The molecule has 1 aliphatic heterocycles. The van der Waals surface area contributed by atoms with Crippen molar-refractivity contribution in [3.05, 3.63) is 36.2 Å². The van der Waals surface area contributed by atoms with Gasteiger partial charge in [-0.2, -0.15) is 0 Å². The second-order valence-electron chi connectivity index (χ2n) is 4.90. The van der Waals surface area contributed by atoms with E-state index in [4.69, 9.17) is 4.74 Å². The highest BCUT2D eigenvalue weighted by atomic mass is 32.2. The van der Waals surface area contributed by atoms with Crippen LogP contribution in [0.25, 0.3) is 0 Å². The second-order valence-corrected chi connectivity index (χ2v) is 5.84. The molecule has 1 unspecified atom stereocenters. The van der Waals surface area contributed by atoms with Gasteiger partial charge in [-0.05, 0) is 18.1 Å². The number of ether oxygens (including phenoxy) is 1. The van der Waals surface area contributed by atoms with Crippen LogP contribution in [0.2, 0.25) is 0 Å². The number of aryl methyl sites for hydroxylation is 1. The lowest BCUT2D eigenvalue weighted by molar-refractivity contribution is -0.119. The molecular weight excluding hydrogens is 288 g/mol. The van der Waals surface area contributed by atoms with Gasteiger partial charge in [-0.3, -0.25) is 4.79 Å². The van der Waals surface area contributed by atoms with Crippen LogP contribution < -0.4 is 10.1 Å². The third kappa shape index (κ3) is 3.36. The van der Waals surface area contributed by atoms with Gasteiger partial charge in [-0.1, -0.05) is 30.0 Å². The summed E-state index contributed by atoms with van der Waals surface area (Å²) in [6.45, 7) is 0.511. The maximum atomic E-state index is 12.0. The maximum absolute atomic E-state index is 12.0. The van der Waals surface area contributed by atoms with Gasteiger partial charge in [0.2, 0.25) is 5.91 Å². The van der Waals surface area contributed by atoms with E-state index in [-0.39, 0.29) is 11.9 Å². The van der Waals surface area contributed by atoms with E-state index in [0.29, 0.717) is 12.4 Å². The number of fused-ring (bicyclic) bond motifs is 1. The predicted octanol–water partition coefficient (Wildman–Crippen LogP) is 1.03. The third-order valence-electron chi connectivity index (χ3n) is 3.25. The van der Waals surface area contributed by atoms with Crippen molar-refractivity contribution in [3.8, 4) is 5.75 Å². The van der Waals surface area contributed by atoms with Crippen molar-refractivity contribution in [3.63, 3.8) is 0 Å². The molecule has 0 saturated heterocycles. The molecule has 21 heavy (non-hydrogen) atoms. The number of hydrogen-bond acceptors (Lipinski definition) is 5. The topological polar surface area (TPSA) is 69.0 Å². The fourth-order valence-corrected chi connectivity index (χ4v) is 2.92. The number of hydrogen-bond donors (Lipinski definition) is 1. The van der Waals surface area contributed by atoms with Gasteiger partial charge in [0.15, 0.2) is 5.16 Å². The van der Waals surface area contributed by atoms with E-state index in [9.17, 15) is 4.79 Å². The molecule has 6 nitrogen and oxygen atoms in total. The first-order valence-electron chi connectivity index (χ1n) is 6.69. The van der Waals surface area contributed by atoms with E-state index in [2.05, 4.69) is 15.5 Å². The van der Waals surface area contributed by atoms with Crippen molar-refractivity contribution in [1.82, 2.24) is 20.1 Å². The Kier molecular flexibility index (Phi) is 4.10. The van der Waals surface area contributed by atoms with Crippen molar-refractivity contribution in [2.75, 3.05) is 12.4 Å². The smallest absolute Gasteiger partial charge is 0.230 e. The number of para-hydroxylation sites is 1. The summed E-state index contributed by atoms with van der Waals surface area (Å²) in [6.07, 6.45) is 2.42. The minimum Gasteiger partial charge on any atom is -0.491 e. The second kappa shape index (κ2) is 6.17. The first kappa shape index (κ1) is 13.9. The lowest BCUT2D eigenvalue weighted by Gasteiger charge is -2.25. The lowest BCUT2D eigenvalue weighted by atomic mass is 10.0. The van der Waals surface area contributed by atoms with E-state index in [1.807, 2.05) is 31.3 Å². The number of carbonyl (C=O) groups is 1. The van der Waals surface area contributed by atoms with Crippen LogP contribution in [-0.2, 0) is 18.3 Å². The average molecular weight is 304 g/mol. The zero-order chi connectivity index (χ0) is 14.7. The molecule has 0 aliphatic carbocycles. The number of aromatic nitrogens is 3. The zero-order valence-corrected chi connectivity index (χ0v) is 12.5. The van der Waals surface area contributed by atoms with Crippen molar-refractivity contribution < 1.29 is 9.53 Å². The Morgan fingerprint density at radius 1 is 1.52 bits per heavy atom.